The number of carbonyl (C=O) groups is 1. The third-order valence-electron chi connectivity index (χ3n) is 5.06. The van der Waals surface area contributed by atoms with E-state index in [0.717, 1.165) is 32.1 Å². The van der Waals surface area contributed by atoms with Gasteiger partial charge in [0.15, 0.2) is 0 Å². The molecule has 1 atom stereocenters. The van der Waals surface area contributed by atoms with E-state index >= 15 is 0 Å². The molecule has 5 rings (SSSR count). The molecular weight excluding hydrogens is 431 g/mol. The first-order valence-corrected chi connectivity index (χ1v) is 11.6. The van der Waals surface area contributed by atoms with Crippen LogP contribution in [0.25, 0.3) is 10.9 Å². The van der Waals surface area contributed by atoms with Crippen molar-refractivity contribution in [3.63, 3.8) is 0 Å². The van der Waals surface area contributed by atoms with Crippen LogP contribution in [0, 0.1) is 5.82 Å². The lowest BCUT2D eigenvalue weighted by atomic mass is 10.0. The summed E-state index contributed by atoms with van der Waals surface area (Å²) < 4.78 is 13.4. The lowest BCUT2D eigenvalue weighted by molar-refractivity contribution is -0.130. The van der Waals surface area contributed by atoms with E-state index in [1.54, 1.807) is 28.5 Å². The fraction of sp³-hybridized carbons (Fsp3) is 0.130. The third-order valence-corrected chi connectivity index (χ3v) is 6.97. The Hall–Kier alpha value is -3.10. The zero-order valence-corrected chi connectivity index (χ0v) is 17.9. The van der Waals surface area contributed by atoms with E-state index in [2.05, 4.69) is 15.1 Å². The van der Waals surface area contributed by atoms with Gasteiger partial charge in [-0.15, -0.1) is 11.3 Å². The van der Waals surface area contributed by atoms with Gasteiger partial charge in [0, 0.05) is 11.8 Å². The standard InChI is InChI=1S/C23H17FN4OS2/c24-16-9-7-15(8-10-16)20-12-19(21-6-3-11-30-21)27-28(20)22(29)13-31-23-17-4-1-2-5-18(17)25-14-26-23/h1-11,14,20H,12-13H2/t20-/m1/s1. The first-order chi connectivity index (χ1) is 15.2. The maximum absolute atomic E-state index is 13.4. The number of amides is 1. The smallest absolute Gasteiger partial charge is 0.253 e. The number of halogens is 1. The number of rotatable bonds is 5. The lowest BCUT2D eigenvalue weighted by Crippen LogP contribution is -2.28. The van der Waals surface area contributed by atoms with Crippen LogP contribution in [0.3, 0.4) is 0 Å². The van der Waals surface area contributed by atoms with Crippen molar-refractivity contribution < 1.29 is 9.18 Å². The average Bonchev–Trinajstić information content (AvgIpc) is 3.48. The number of thiophene rings is 1. The molecule has 3 heterocycles. The summed E-state index contributed by atoms with van der Waals surface area (Å²) in [5.74, 6) is -0.223. The molecule has 0 N–H and O–H groups in total. The largest absolute Gasteiger partial charge is 0.272 e. The molecule has 154 valence electrons. The van der Waals surface area contributed by atoms with Crippen LogP contribution in [0.1, 0.15) is 22.9 Å². The average molecular weight is 449 g/mol. The van der Waals surface area contributed by atoms with Gasteiger partial charge in [0.25, 0.3) is 5.91 Å². The minimum atomic E-state index is -0.301. The van der Waals surface area contributed by atoms with Crippen molar-refractivity contribution in [3.05, 3.63) is 88.6 Å². The molecule has 0 spiro atoms. The first kappa shape index (κ1) is 19.8. The number of carbonyl (C=O) groups excluding carboxylic acids is 1. The monoisotopic (exact) mass is 448 g/mol. The lowest BCUT2D eigenvalue weighted by Gasteiger charge is -2.22. The highest BCUT2D eigenvalue weighted by Crippen LogP contribution is 2.35. The van der Waals surface area contributed by atoms with Crippen molar-refractivity contribution in [2.45, 2.75) is 17.5 Å². The van der Waals surface area contributed by atoms with E-state index in [4.69, 9.17) is 0 Å². The molecule has 1 aliphatic rings. The van der Waals surface area contributed by atoms with Gasteiger partial charge < -0.3 is 0 Å². The summed E-state index contributed by atoms with van der Waals surface area (Å²) in [5, 5.41) is 9.87. The summed E-state index contributed by atoms with van der Waals surface area (Å²) in [5.41, 5.74) is 2.58. The van der Waals surface area contributed by atoms with Crippen molar-refractivity contribution >= 4 is 45.6 Å². The van der Waals surface area contributed by atoms with Gasteiger partial charge in [0.1, 0.15) is 17.2 Å². The zero-order valence-electron chi connectivity index (χ0n) is 16.3. The van der Waals surface area contributed by atoms with Crippen molar-refractivity contribution in [1.29, 1.82) is 0 Å². The number of aromatic nitrogens is 2. The SMILES string of the molecule is O=C(CSc1ncnc2ccccc12)N1N=C(c2cccs2)C[C@@H]1c1ccc(F)cc1. The number of hydrogen-bond donors (Lipinski definition) is 0. The Labute approximate surface area is 186 Å². The third kappa shape index (κ3) is 4.08. The van der Waals surface area contributed by atoms with Crippen LogP contribution >= 0.6 is 23.1 Å². The van der Waals surface area contributed by atoms with Crippen molar-refractivity contribution in [3.8, 4) is 0 Å². The van der Waals surface area contributed by atoms with Crippen molar-refractivity contribution in [2.24, 2.45) is 5.10 Å². The molecule has 0 fully saturated rings. The molecular formula is C23H17FN4OS2. The van der Waals surface area contributed by atoms with Gasteiger partial charge in [-0.25, -0.2) is 19.4 Å². The number of thioether (sulfide) groups is 1. The summed E-state index contributed by atoms with van der Waals surface area (Å²) in [4.78, 5) is 22.9. The Balaban J connectivity index is 1.40. The maximum atomic E-state index is 13.4. The van der Waals surface area contributed by atoms with Crippen LogP contribution in [0.4, 0.5) is 4.39 Å². The van der Waals surface area contributed by atoms with Gasteiger partial charge in [0.05, 0.1) is 27.9 Å². The molecule has 2 aromatic carbocycles. The van der Waals surface area contributed by atoms with Crippen molar-refractivity contribution in [1.82, 2.24) is 15.0 Å². The van der Waals surface area contributed by atoms with Gasteiger partial charge >= 0.3 is 0 Å². The minimum absolute atomic E-state index is 0.117. The number of hydrazone groups is 1. The summed E-state index contributed by atoms with van der Waals surface area (Å²) in [6.07, 6.45) is 2.11. The molecule has 5 nitrogen and oxygen atoms in total. The molecule has 1 aliphatic heterocycles. The van der Waals surface area contributed by atoms with Gasteiger partial charge in [0.2, 0.25) is 0 Å². The number of nitrogens with zero attached hydrogens (tertiary/aromatic N) is 4. The second-order valence-electron chi connectivity index (χ2n) is 7.02. The molecule has 1 amide bonds. The fourth-order valence-corrected chi connectivity index (χ4v) is 5.13. The molecule has 0 saturated carbocycles. The Bertz CT molecular complexity index is 1250. The first-order valence-electron chi connectivity index (χ1n) is 9.70. The molecule has 0 unspecified atom stereocenters. The van der Waals surface area contributed by atoms with E-state index in [1.807, 2.05) is 41.8 Å². The summed E-state index contributed by atoms with van der Waals surface area (Å²) in [6.45, 7) is 0. The second kappa shape index (κ2) is 8.56. The number of para-hydroxylation sites is 1. The van der Waals surface area contributed by atoms with Crippen LogP contribution in [-0.2, 0) is 4.79 Å². The molecule has 0 bridgehead atoms. The van der Waals surface area contributed by atoms with Crippen LogP contribution in [0.5, 0.6) is 0 Å². The number of benzene rings is 2. The second-order valence-corrected chi connectivity index (χ2v) is 8.93. The summed E-state index contributed by atoms with van der Waals surface area (Å²) in [6, 6.07) is 17.7. The molecule has 0 aliphatic carbocycles. The Morgan fingerprint density at radius 2 is 1.94 bits per heavy atom. The Morgan fingerprint density at radius 1 is 1.10 bits per heavy atom. The van der Waals surface area contributed by atoms with Crippen LogP contribution in [0.2, 0.25) is 0 Å². The van der Waals surface area contributed by atoms with Gasteiger partial charge in [-0.1, -0.05) is 48.2 Å². The number of fused-ring (bicyclic) bond motifs is 1. The molecule has 31 heavy (non-hydrogen) atoms. The zero-order chi connectivity index (χ0) is 21.2. The molecule has 2 aromatic heterocycles. The van der Waals surface area contributed by atoms with Gasteiger partial charge in [-0.3, -0.25) is 4.79 Å². The van der Waals surface area contributed by atoms with Crippen molar-refractivity contribution in [2.75, 3.05) is 5.75 Å². The van der Waals surface area contributed by atoms with E-state index < -0.39 is 0 Å². The Morgan fingerprint density at radius 3 is 2.74 bits per heavy atom. The van der Waals surface area contributed by atoms with Gasteiger partial charge in [-0.2, -0.15) is 5.10 Å². The summed E-state index contributed by atoms with van der Waals surface area (Å²) >= 11 is 2.97. The van der Waals surface area contributed by atoms with Gasteiger partial charge in [-0.05, 0) is 35.2 Å². The summed E-state index contributed by atoms with van der Waals surface area (Å²) in [7, 11) is 0. The number of hydrogen-bond acceptors (Lipinski definition) is 6. The maximum Gasteiger partial charge on any atom is 0.253 e. The highest BCUT2D eigenvalue weighted by Gasteiger charge is 2.33. The van der Waals surface area contributed by atoms with E-state index in [0.29, 0.717) is 6.42 Å². The van der Waals surface area contributed by atoms with E-state index in [9.17, 15) is 9.18 Å². The predicted octanol–water partition coefficient (Wildman–Crippen LogP) is 5.30. The normalized spacial score (nSPS) is 16.0. The molecule has 0 saturated heterocycles. The van der Waals surface area contributed by atoms with Crippen LogP contribution in [0.15, 0.2) is 82.5 Å². The molecule has 4 aromatic rings. The topological polar surface area (TPSA) is 58.5 Å². The van der Waals surface area contributed by atoms with E-state index in [-0.39, 0.29) is 23.5 Å². The van der Waals surface area contributed by atoms with Crippen LogP contribution in [-0.4, -0.2) is 32.3 Å². The highest BCUT2D eigenvalue weighted by atomic mass is 32.2. The Kier molecular flexibility index (Phi) is 5.48. The quantitative estimate of drug-likeness (QED) is 0.307. The van der Waals surface area contributed by atoms with Crippen LogP contribution < -0.4 is 0 Å². The molecule has 0 radical (unpaired) electrons. The highest BCUT2D eigenvalue weighted by molar-refractivity contribution is 8.00. The fourth-order valence-electron chi connectivity index (χ4n) is 3.57. The molecule has 8 heteroatoms. The minimum Gasteiger partial charge on any atom is -0.272 e. The predicted molar refractivity (Wildman–Crippen MR) is 122 cm³/mol. The van der Waals surface area contributed by atoms with E-state index in [1.165, 1.54) is 30.2 Å².